The van der Waals surface area contributed by atoms with E-state index in [1.807, 2.05) is 0 Å². The number of amides is 1. The molecule has 27 heavy (non-hydrogen) atoms. The minimum absolute atomic E-state index is 0.0166. The summed E-state index contributed by atoms with van der Waals surface area (Å²) in [7, 11) is 1.46. The second kappa shape index (κ2) is 6.94. The number of benzene rings is 2. The molecule has 1 aliphatic heterocycles. The zero-order valence-corrected chi connectivity index (χ0v) is 14.2. The maximum absolute atomic E-state index is 13.4. The summed E-state index contributed by atoms with van der Waals surface area (Å²) in [6, 6.07) is 9.74. The van der Waals surface area contributed by atoms with Crippen LogP contribution in [0.2, 0.25) is 0 Å². The van der Waals surface area contributed by atoms with Gasteiger partial charge in [-0.15, -0.1) is 0 Å². The molecule has 0 radical (unpaired) electrons. The van der Waals surface area contributed by atoms with Crippen LogP contribution in [-0.2, 0) is 22.2 Å². The van der Waals surface area contributed by atoms with Gasteiger partial charge in [0, 0.05) is 11.6 Å². The molecule has 8 heteroatoms. The van der Waals surface area contributed by atoms with Gasteiger partial charge < -0.3 is 15.2 Å². The van der Waals surface area contributed by atoms with E-state index in [0.29, 0.717) is 11.3 Å². The number of hydrogen-bond acceptors (Lipinski definition) is 3. The molecular formula is C19H16F3NO4. The summed E-state index contributed by atoms with van der Waals surface area (Å²) in [5, 5.41) is 11.9. The summed E-state index contributed by atoms with van der Waals surface area (Å²) in [6.07, 6.45) is -4.86. The smallest absolute Gasteiger partial charge is 0.416 e. The van der Waals surface area contributed by atoms with Crippen molar-refractivity contribution >= 4 is 17.6 Å². The van der Waals surface area contributed by atoms with Crippen LogP contribution in [0, 0.1) is 5.92 Å². The van der Waals surface area contributed by atoms with Crippen molar-refractivity contribution in [1.82, 2.24) is 0 Å². The number of methoxy groups -OCH3 is 1. The third kappa shape index (κ3) is 3.60. The van der Waals surface area contributed by atoms with E-state index in [-0.39, 0.29) is 17.7 Å². The monoisotopic (exact) mass is 379 g/mol. The van der Waals surface area contributed by atoms with Gasteiger partial charge in [-0.1, -0.05) is 18.2 Å². The first-order valence-electron chi connectivity index (χ1n) is 8.09. The Morgan fingerprint density at radius 2 is 1.85 bits per heavy atom. The quantitative estimate of drug-likeness (QED) is 0.798. The third-order valence-corrected chi connectivity index (χ3v) is 4.66. The van der Waals surface area contributed by atoms with E-state index in [4.69, 9.17) is 4.74 Å². The molecule has 5 nitrogen and oxygen atoms in total. The minimum Gasteiger partial charge on any atom is -0.497 e. The Balaban J connectivity index is 2.15. The van der Waals surface area contributed by atoms with E-state index in [0.717, 1.165) is 6.07 Å². The maximum atomic E-state index is 13.4. The van der Waals surface area contributed by atoms with Crippen LogP contribution in [0.3, 0.4) is 0 Å². The number of hydrogen-bond donors (Lipinski definition) is 2. The van der Waals surface area contributed by atoms with Crippen LogP contribution in [0.5, 0.6) is 5.75 Å². The van der Waals surface area contributed by atoms with Crippen LogP contribution in [0.4, 0.5) is 18.9 Å². The van der Waals surface area contributed by atoms with Gasteiger partial charge in [-0.05, 0) is 41.8 Å². The Hall–Kier alpha value is -3.03. The van der Waals surface area contributed by atoms with Crippen molar-refractivity contribution < 1.29 is 32.6 Å². The summed E-state index contributed by atoms with van der Waals surface area (Å²) in [5.41, 5.74) is -0.576. The fraction of sp³-hybridized carbons (Fsp3) is 0.263. The Kier molecular flexibility index (Phi) is 4.82. The largest absolute Gasteiger partial charge is 0.497 e. The van der Waals surface area contributed by atoms with E-state index in [1.54, 1.807) is 24.3 Å². The molecule has 0 fully saturated rings. The molecule has 2 unspecified atom stereocenters. The molecule has 0 aliphatic carbocycles. The lowest BCUT2D eigenvalue weighted by Gasteiger charge is -2.22. The van der Waals surface area contributed by atoms with Crippen molar-refractivity contribution in [1.29, 1.82) is 0 Å². The molecule has 0 bridgehead atoms. The summed E-state index contributed by atoms with van der Waals surface area (Å²) < 4.78 is 45.4. The standard InChI is InChI=1S/C19H16F3NO4/c1-27-11-7-5-10(6-8-11)12-9-13-14(19(20,21)22)3-2-4-15(13)23-17(24)16(12)18(25)26/h2-8,12,16H,9H2,1H3,(H,23,24)(H,25,26). The molecule has 0 aromatic heterocycles. The van der Waals surface area contributed by atoms with E-state index in [9.17, 15) is 27.9 Å². The molecule has 2 aromatic carbocycles. The molecule has 2 aromatic rings. The van der Waals surface area contributed by atoms with Gasteiger partial charge in [0.1, 0.15) is 11.7 Å². The van der Waals surface area contributed by atoms with Crippen molar-refractivity contribution in [3.05, 3.63) is 59.2 Å². The van der Waals surface area contributed by atoms with Gasteiger partial charge in [0.15, 0.2) is 0 Å². The van der Waals surface area contributed by atoms with Gasteiger partial charge in [-0.3, -0.25) is 9.59 Å². The molecule has 2 atom stereocenters. The number of alkyl halides is 3. The Labute approximate surface area is 152 Å². The number of nitrogens with one attached hydrogen (secondary N) is 1. The molecule has 3 rings (SSSR count). The van der Waals surface area contributed by atoms with Gasteiger partial charge >= 0.3 is 12.1 Å². The zero-order valence-electron chi connectivity index (χ0n) is 14.2. The zero-order chi connectivity index (χ0) is 19.8. The number of carbonyl (C=O) groups excluding carboxylic acids is 1. The Morgan fingerprint density at radius 3 is 2.41 bits per heavy atom. The summed E-state index contributed by atoms with van der Waals surface area (Å²) in [5.74, 6) is -4.21. The van der Waals surface area contributed by atoms with Crippen molar-refractivity contribution in [3.63, 3.8) is 0 Å². The molecule has 0 saturated heterocycles. The highest BCUT2D eigenvalue weighted by Gasteiger charge is 2.42. The van der Waals surface area contributed by atoms with Crippen LogP contribution >= 0.6 is 0 Å². The van der Waals surface area contributed by atoms with Crippen molar-refractivity contribution in [2.45, 2.75) is 18.5 Å². The normalized spacial score (nSPS) is 19.6. The lowest BCUT2D eigenvalue weighted by molar-refractivity contribution is -0.146. The average molecular weight is 379 g/mol. The number of halogens is 3. The predicted octanol–water partition coefficient (Wildman–Crippen LogP) is 3.69. The number of anilines is 1. The highest BCUT2D eigenvalue weighted by Crippen LogP contribution is 2.42. The van der Waals surface area contributed by atoms with Crippen LogP contribution in [-0.4, -0.2) is 24.1 Å². The van der Waals surface area contributed by atoms with Gasteiger partial charge in [-0.2, -0.15) is 13.2 Å². The van der Waals surface area contributed by atoms with Gasteiger partial charge in [0.25, 0.3) is 0 Å². The topological polar surface area (TPSA) is 75.6 Å². The predicted molar refractivity (Wildman–Crippen MR) is 90.6 cm³/mol. The van der Waals surface area contributed by atoms with E-state index >= 15 is 0 Å². The molecule has 1 heterocycles. The average Bonchev–Trinajstić information content (AvgIpc) is 2.76. The molecular weight excluding hydrogens is 363 g/mol. The molecule has 2 N–H and O–H groups in total. The number of aliphatic carboxylic acids is 1. The molecule has 1 amide bonds. The SMILES string of the molecule is COc1ccc(C2Cc3c(cccc3C(F)(F)F)NC(=O)C2C(=O)O)cc1. The van der Waals surface area contributed by atoms with Crippen LogP contribution < -0.4 is 10.1 Å². The van der Waals surface area contributed by atoms with E-state index in [2.05, 4.69) is 5.32 Å². The first-order valence-corrected chi connectivity index (χ1v) is 8.09. The maximum Gasteiger partial charge on any atom is 0.416 e. The first kappa shape index (κ1) is 18.8. The van der Waals surface area contributed by atoms with Gasteiger partial charge in [-0.25, -0.2) is 0 Å². The number of fused-ring (bicyclic) bond motifs is 1. The Bertz CT molecular complexity index is 878. The number of carboxylic acid groups (broad SMARTS) is 1. The molecule has 142 valence electrons. The lowest BCUT2D eigenvalue weighted by Crippen LogP contribution is -2.33. The second-order valence-corrected chi connectivity index (χ2v) is 6.22. The van der Waals surface area contributed by atoms with Crippen LogP contribution in [0.15, 0.2) is 42.5 Å². The number of ether oxygens (including phenoxy) is 1. The number of rotatable bonds is 3. The number of carbonyl (C=O) groups is 2. The minimum atomic E-state index is -4.62. The fourth-order valence-corrected chi connectivity index (χ4v) is 3.37. The van der Waals surface area contributed by atoms with Gasteiger partial charge in [0.2, 0.25) is 5.91 Å². The van der Waals surface area contributed by atoms with Crippen molar-refractivity contribution in [3.8, 4) is 5.75 Å². The van der Waals surface area contributed by atoms with Crippen molar-refractivity contribution in [2.24, 2.45) is 5.92 Å². The summed E-state index contributed by atoms with van der Waals surface area (Å²) >= 11 is 0. The highest BCUT2D eigenvalue weighted by molar-refractivity contribution is 6.06. The molecule has 1 aliphatic rings. The van der Waals surface area contributed by atoms with Crippen LogP contribution in [0.1, 0.15) is 22.6 Å². The second-order valence-electron chi connectivity index (χ2n) is 6.22. The number of carboxylic acids is 1. The highest BCUT2D eigenvalue weighted by atomic mass is 19.4. The van der Waals surface area contributed by atoms with E-state index in [1.165, 1.54) is 19.2 Å². The van der Waals surface area contributed by atoms with Crippen LogP contribution in [0.25, 0.3) is 0 Å². The van der Waals surface area contributed by atoms with E-state index < -0.39 is 35.5 Å². The third-order valence-electron chi connectivity index (χ3n) is 4.66. The molecule has 0 spiro atoms. The summed E-state index contributed by atoms with van der Waals surface area (Å²) in [6.45, 7) is 0. The Morgan fingerprint density at radius 1 is 1.19 bits per heavy atom. The van der Waals surface area contributed by atoms with Gasteiger partial charge in [0.05, 0.1) is 12.7 Å². The van der Waals surface area contributed by atoms with Crippen molar-refractivity contribution in [2.75, 3.05) is 12.4 Å². The summed E-state index contributed by atoms with van der Waals surface area (Å²) in [4.78, 5) is 24.2. The molecule has 0 saturated carbocycles. The fourth-order valence-electron chi connectivity index (χ4n) is 3.37. The first-order chi connectivity index (χ1) is 12.7. The lowest BCUT2D eigenvalue weighted by atomic mass is 9.81.